The van der Waals surface area contributed by atoms with Gasteiger partial charge in [0.1, 0.15) is 11.4 Å². The van der Waals surface area contributed by atoms with Gasteiger partial charge in [-0.25, -0.2) is 0 Å². The third-order valence-electron chi connectivity index (χ3n) is 4.29. The Morgan fingerprint density at radius 1 is 1.37 bits per heavy atom. The molecule has 1 N–H and O–H groups in total. The Bertz CT molecular complexity index is 492. The molecule has 19 heavy (non-hydrogen) atoms. The summed E-state index contributed by atoms with van der Waals surface area (Å²) in [4.78, 5) is 13.2. The number of carbonyl (C=O) groups is 1. The van der Waals surface area contributed by atoms with Gasteiger partial charge in [0.25, 0.3) is 0 Å². The summed E-state index contributed by atoms with van der Waals surface area (Å²) >= 11 is 0. The van der Waals surface area contributed by atoms with E-state index in [1.165, 1.54) is 0 Å². The van der Waals surface area contributed by atoms with E-state index in [0.29, 0.717) is 19.5 Å². The summed E-state index contributed by atoms with van der Waals surface area (Å²) in [6.45, 7) is 3.03. The molecule has 0 saturated carbocycles. The summed E-state index contributed by atoms with van der Waals surface area (Å²) in [7, 11) is 0. The molecule has 0 aliphatic carbocycles. The number of hydrogen-bond donors (Lipinski definition) is 1. The highest BCUT2D eigenvalue weighted by Crippen LogP contribution is 2.43. The van der Waals surface area contributed by atoms with E-state index in [2.05, 4.69) is 0 Å². The molecule has 1 fully saturated rings. The van der Waals surface area contributed by atoms with Crippen LogP contribution in [-0.4, -0.2) is 34.6 Å². The molecule has 0 bridgehead atoms. The summed E-state index contributed by atoms with van der Waals surface area (Å²) in [5.41, 5.74) is 0.571. The molecule has 1 amide bonds. The second-order valence-electron chi connectivity index (χ2n) is 5.55. The predicted octanol–water partition coefficient (Wildman–Crippen LogP) is 1.88. The van der Waals surface area contributed by atoms with Crippen molar-refractivity contribution in [1.82, 2.24) is 4.90 Å². The summed E-state index contributed by atoms with van der Waals surface area (Å²) in [6, 6.07) is 7.67. The maximum atomic E-state index is 11.4. The van der Waals surface area contributed by atoms with Crippen LogP contribution in [0.5, 0.6) is 5.75 Å². The number of aliphatic hydroxyl groups excluding tert-OH is 1. The van der Waals surface area contributed by atoms with Gasteiger partial charge in [-0.3, -0.25) is 4.79 Å². The summed E-state index contributed by atoms with van der Waals surface area (Å²) < 4.78 is 6.16. The minimum Gasteiger partial charge on any atom is -0.487 e. The van der Waals surface area contributed by atoms with Crippen LogP contribution in [0.4, 0.5) is 0 Å². The molecular formula is C15H19NO3. The van der Waals surface area contributed by atoms with E-state index in [9.17, 15) is 9.90 Å². The number of nitrogens with zero attached hydrogens (tertiary/aromatic N) is 1. The van der Waals surface area contributed by atoms with Crippen molar-refractivity contribution >= 4 is 5.91 Å². The van der Waals surface area contributed by atoms with Crippen molar-refractivity contribution in [2.75, 3.05) is 13.1 Å². The molecule has 2 aliphatic heterocycles. The fourth-order valence-corrected chi connectivity index (χ4v) is 3.12. The van der Waals surface area contributed by atoms with Gasteiger partial charge < -0.3 is 14.7 Å². The summed E-state index contributed by atoms with van der Waals surface area (Å²) in [6.07, 6.45) is 1.74. The second-order valence-corrected chi connectivity index (χ2v) is 5.55. The smallest absolute Gasteiger partial charge is 0.219 e. The van der Waals surface area contributed by atoms with E-state index in [-0.39, 0.29) is 11.5 Å². The van der Waals surface area contributed by atoms with E-state index in [1.54, 1.807) is 6.92 Å². The Balaban J connectivity index is 1.80. The Labute approximate surface area is 113 Å². The number of benzene rings is 1. The number of amides is 1. The first-order valence-corrected chi connectivity index (χ1v) is 6.81. The molecule has 3 rings (SSSR count). The van der Waals surface area contributed by atoms with E-state index in [0.717, 1.165) is 24.2 Å². The monoisotopic (exact) mass is 261 g/mol. The molecule has 1 spiro atoms. The van der Waals surface area contributed by atoms with Crippen molar-refractivity contribution in [3.63, 3.8) is 0 Å². The maximum absolute atomic E-state index is 11.4. The topological polar surface area (TPSA) is 49.8 Å². The molecule has 1 aromatic rings. The highest BCUT2D eigenvalue weighted by Gasteiger charge is 2.43. The lowest BCUT2D eigenvalue weighted by Gasteiger charge is -2.45. The van der Waals surface area contributed by atoms with Crippen LogP contribution in [0.3, 0.4) is 0 Å². The van der Waals surface area contributed by atoms with Crippen LogP contribution in [0, 0.1) is 0 Å². The summed E-state index contributed by atoms with van der Waals surface area (Å²) in [5, 5.41) is 10.3. The zero-order valence-corrected chi connectivity index (χ0v) is 11.1. The van der Waals surface area contributed by atoms with E-state index < -0.39 is 6.10 Å². The number of carbonyl (C=O) groups excluding carboxylic acids is 1. The van der Waals surface area contributed by atoms with Gasteiger partial charge in [0, 0.05) is 44.8 Å². The summed E-state index contributed by atoms with van der Waals surface area (Å²) in [5.74, 6) is 0.907. The van der Waals surface area contributed by atoms with Gasteiger partial charge >= 0.3 is 0 Å². The number of para-hydroxylation sites is 1. The van der Waals surface area contributed by atoms with Crippen molar-refractivity contribution in [1.29, 1.82) is 0 Å². The first-order chi connectivity index (χ1) is 9.10. The van der Waals surface area contributed by atoms with Crippen molar-refractivity contribution in [2.45, 2.75) is 37.9 Å². The Morgan fingerprint density at radius 3 is 2.74 bits per heavy atom. The molecule has 2 aliphatic rings. The average molecular weight is 261 g/mol. The molecule has 1 saturated heterocycles. The predicted molar refractivity (Wildman–Crippen MR) is 70.9 cm³/mol. The van der Waals surface area contributed by atoms with Gasteiger partial charge in [-0.1, -0.05) is 18.2 Å². The zero-order valence-electron chi connectivity index (χ0n) is 11.1. The molecule has 4 heteroatoms. The Kier molecular flexibility index (Phi) is 2.97. The average Bonchev–Trinajstić information content (AvgIpc) is 2.39. The largest absolute Gasteiger partial charge is 0.487 e. The third-order valence-corrected chi connectivity index (χ3v) is 4.29. The molecular weight excluding hydrogens is 242 g/mol. The zero-order chi connectivity index (χ0) is 13.5. The normalized spacial score (nSPS) is 24.7. The van der Waals surface area contributed by atoms with Crippen LogP contribution in [0.1, 0.15) is 37.9 Å². The standard InChI is InChI=1S/C15H19NO3/c1-11(17)16-8-6-15(7-9-16)10-13(18)12-4-2-3-5-14(12)19-15/h2-5,13,18H,6-10H2,1H3. The number of aliphatic hydroxyl groups is 1. The van der Waals surface area contributed by atoms with Crippen LogP contribution in [-0.2, 0) is 4.79 Å². The number of rotatable bonds is 0. The Morgan fingerprint density at radius 2 is 2.05 bits per heavy atom. The quantitative estimate of drug-likeness (QED) is 0.776. The van der Waals surface area contributed by atoms with Crippen LogP contribution in [0.15, 0.2) is 24.3 Å². The highest BCUT2D eigenvalue weighted by atomic mass is 16.5. The van der Waals surface area contributed by atoms with Crippen molar-refractivity contribution in [3.05, 3.63) is 29.8 Å². The number of likely N-dealkylation sites (tertiary alicyclic amines) is 1. The van der Waals surface area contributed by atoms with Crippen LogP contribution in [0.25, 0.3) is 0 Å². The van der Waals surface area contributed by atoms with Crippen LogP contribution in [0.2, 0.25) is 0 Å². The van der Waals surface area contributed by atoms with Crippen molar-refractivity contribution in [3.8, 4) is 5.75 Å². The minimum atomic E-state index is -0.464. The molecule has 2 heterocycles. The van der Waals surface area contributed by atoms with Gasteiger partial charge in [0.05, 0.1) is 6.10 Å². The lowest BCUT2D eigenvalue weighted by atomic mass is 9.81. The second kappa shape index (κ2) is 4.53. The molecule has 0 radical (unpaired) electrons. The van der Waals surface area contributed by atoms with E-state index in [1.807, 2.05) is 29.2 Å². The SMILES string of the molecule is CC(=O)N1CCC2(CC1)CC(O)c1ccccc1O2. The Hall–Kier alpha value is -1.55. The molecule has 0 aromatic heterocycles. The van der Waals surface area contributed by atoms with E-state index in [4.69, 9.17) is 4.74 Å². The van der Waals surface area contributed by atoms with Gasteiger partial charge in [0.15, 0.2) is 0 Å². The lowest BCUT2D eigenvalue weighted by molar-refractivity contribution is -0.133. The first kappa shape index (κ1) is 12.5. The van der Waals surface area contributed by atoms with Gasteiger partial charge in [-0.15, -0.1) is 0 Å². The van der Waals surface area contributed by atoms with Gasteiger partial charge in [-0.2, -0.15) is 0 Å². The first-order valence-electron chi connectivity index (χ1n) is 6.81. The molecule has 102 valence electrons. The fourth-order valence-electron chi connectivity index (χ4n) is 3.12. The van der Waals surface area contributed by atoms with Crippen molar-refractivity contribution < 1.29 is 14.6 Å². The number of fused-ring (bicyclic) bond motifs is 1. The fraction of sp³-hybridized carbons (Fsp3) is 0.533. The highest BCUT2D eigenvalue weighted by molar-refractivity contribution is 5.73. The van der Waals surface area contributed by atoms with Gasteiger partial charge in [0.2, 0.25) is 5.91 Å². The lowest BCUT2D eigenvalue weighted by Crippen LogP contribution is -2.51. The van der Waals surface area contributed by atoms with Crippen LogP contribution >= 0.6 is 0 Å². The molecule has 1 atom stereocenters. The number of hydrogen-bond acceptors (Lipinski definition) is 3. The van der Waals surface area contributed by atoms with Crippen LogP contribution < -0.4 is 4.74 Å². The minimum absolute atomic E-state index is 0.117. The van der Waals surface area contributed by atoms with Crippen molar-refractivity contribution in [2.24, 2.45) is 0 Å². The van der Waals surface area contributed by atoms with E-state index >= 15 is 0 Å². The molecule has 1 unspecified atom stereocenters. The maximum Gasteiger partial charge on any atom is 0.219 e. The molecule has 4 nitrogen and oxygen atoms in total. The molecule has 1 aromatic carbocycles. The number of ether oxygens (including phenoxy) is 1. The number of piperidine rings is 1. The van der Waals surface area contributed by atoms with Gasteiger partial charge in [-0.05, 0) is 6.07 Å². The third kappa shape index (κ3) is 2.21.